The van der Waals surface area contributed by atoms with Gasteiger partial charge in [-0.2, -0.15) is 5.10 Å². The molecular formula is C16H15N5O2. The van der Waals surface area contributed by atoms with Gasteiger partial charge in [0, 0.05) is 18.0 Å². The molecular weight excluding hydrogens is 294 g/mol. The number of H-pyrrole nitrogens is 1. The number of nitrogens with one attached hydrogen (secondary N) is 2. The van der Waals surface area contributed by atoms with Crippen LogP contribution in [-0.4, -0.2) is 31.2 Å². The van der Waals surface area contributed by atoms with E-state index in [0.717, 1.165) is 5.56 Å². The standard InChI is InChI=1S/C16H15N5O2/c1-10(18-16(23)12-4-2-3-5-13(12)22)14-19-15(21-20-14)11-6-8-17-9-7-11/h2-10,22H,1H3,(H,18,23)(H,19,20,21). The lowest BCUT2D eigenvalue weighted by molar-refractivity contribution is 0.0935. The Morgan fingerprint density at radius 2 is 1.96 bits per heavy atom. The monoisotopic (exact) mass is 309 g/mol. The van der Waals surface area contributed by atoms with E-state index in [1.54, 1.807) is 49.6 Å². The number of carbonyl (C=O) groups is 1. The zero-order chi connectivity index (χ0) is 16.2. The van der Waals surface area contributed by atoms with Crippen LogP contribution < -0.4 is 5.32 Å². The summed E-state index contributed by atoms with van der Waals surface area (Å²) in [7, 11) is 0. The fraction of sp³-hybridized carbons (Fsp3) is 0.125. The lowest BCUT2D eigenvalue weighted by Crippen LogP contribution is -2.27. The van der Waals surface area contributed by atoms with Crippen LogP contribution in [0.4, 0.5) is 0 Å². The second-order valence-corrected chi connectivity index (χ2v) is 4.99. The molecule has 0 aliphatic rings. The summed E-state index contributed by atoms with van der Waals surface area (Å²) in [4.78, 5) is 20.5. The summed E-state index contributed by atoms with van der Waals surface area (Å²) in [5.74, 6) is 0.622. The van der Waals surface area contributed by atoms with Gasteiger partial charge in [0.2, 0.25) is 0 Å². The number of nitrogens with zero attached hydrogens (tertiary/aromatic N) is 3. The number of aromatic hydroxyl groups is 1. The Labute approximate surface area is 132 Å². The first-order chi connectivity index (χ1) is 11.1. The molecule has 23 heavy (non-hydrogen) atoms. The molecule has 7 heteroatoms. The van der Waals surface area contributed by atoms with E-state index in [1.807, 2.05) is 0 Å². The minimum Gasteiger partial charge on any atom is -0.507 e. The van der Waals surface area contributed by atoms with Crippen molar-refractivity contribution in [2.75, 3.05) is 0 Å². The van der Waals surface area contributed by atoms with E-state index in [2.05, 4.69) is 25.5 Å². The van der Waals surface area contributed by atoms with Crippen molar-refractivity contribution in [3.8, 4) is 17.1 Å². The van der Waals surface area contributed by atoms with Gasteiger partial charge in [-0.1, -0.05) is 12.1 Å². The van der Waals surface area contributed by atoms with Crippen molar-refractivity contribution in [2.45, 2.75) is 13.0 Å². The van der Waals surface area contributed by atoms with Gasteiger partial charge in [-0.15, -0.1) is 0 Å². The van der Waals surface area contributed by atoms with Crippen molar-refractivity contribution >= 4 is 5.91 Å². The Kier molecular flexibility index (Phi) is 4.01. The van der Waals surface area contributed by atoms with Crippen LogP contribution in [0.3, 0.4) is 0 Å². The number of para-hydroxylation sites is 1. The highest BCUT2D eigenvalue weighted by atomic mass is 16.3. The van der Waals surface area contributed by atoms with Crippen LogP contribution in [0.5, 0.6) is 5.75 Å². The Morgan fingerprint density at radius 3 is 2.70 bits per heavy atom. The molecule has 1 amide bonds. The molecule has 0 saturated heterocycles. The molecule has 0 bridgehead atoms. The average Bonchev–Trinajstić information content (AvgIpc) is 3.06. The maximum Gasteiger partial charge on any atom is 0.255 e. The summed E-state index contributed by atoms with van der Waals surface area (Å²) < 4.78 is 0. The number of hydrogen-bond acceptors (Lipinski definition) is 5. The quantitative estimate of drug-likeness (QED) is 0.684. The first-order valence-electron chi connectivity index (χ1n) is 7.06. The van der Waals surface area contributed by atoms with Gasteiger partial charge in [-0.3, -0.25) is 14.9 Å². The lowest BCUT2D eigenvalue weighted by Gasteiger charge is -2.11. The maximum absolute atomic E-state index is 12.2. The topological polar surface area (TPSA) is 104 Å². The number of phenolic OH excluding ortho intramolecular Hbond substituents is 1. The van der Waals surface area contributed by atoms with Gasteiger partial charge in [0.1, 0.15) is 11.6 Å². The summed E-state index contributed by atoms with van der Waals surface area (Å²) in [6.45, 7) is 1.79. The second kappa shape index (κ2) is 6.27. The predicted octanol–water partition coefficient (Wildman–Crippen LogP) is 2.06. The second-order valence-electron chi connectivity index (χ2n) is 4.99. The average molecular weight is 309 g/mol. The lowest BCUT2D eigenvalue weighted by atomic mass is 10.1. The number of hydrogen-bond donors (Lipinski definition) is 3. The molecule has 0 aliphatic carbocycles. The smallest absolute Gasteiger partial charge is 0.255 e. The summed E-state index contributed by atoms with van der Waals surface area (Å²) in [5, 5.41) is 19.4. The molecule has 1 atom stereocenters. The van der Waals surface area contributed by atoms with Gasteiger partial charge in [0.15, 0.2) is 5.82 Å². The van der Waals surface area contributed by atoms with Crippen LogP contribution in [0.1, 0.15) is 29.1 Å². The van der Waals surface area contributed by atoms with Crippen molar-refractivity contribution in [3.63, 3.8) is 0 Å². The number of aromatic amines is 1. The highest BCUT2D eigenvalue weighted by Gasteiger charge is 2.17. The third-order valence-electron chi connectivity index (χ3n) is 3.35. The van der Waals surface area contributed by atoms with Crippen molar-refractivity contribution in [1.29, 1.82) is 0 Å². The Morgan fingerprint density at radius 1 is 1.22 bits per heavy atom. The first-order valence-corrected chi connectivity index (χ1v) is 7.06. The molecule has 116 valence electrons. The summed E-state index contributed by atoms with van der Waals surface area (Å²) in [6.07, 6.45) is 3.32. The molecule has 0 saturated carbocycles. The SMILES string of the molecule is CC(NC(=O)c1ccccc1O)c1nc(-c2ccncc2)n[nH]1. The first kappa shape index (κ1) is 14.7. The van der Waals surface area contributed by atoms with Crippen LogP contribution >= 0.6 is 0 Å². The molecule has 0 fully saturated rings. The fourth-order valence-electron chi connectivity index (χ4n) is 2.11. The molecule has 3 rings (SSSR count). The summed E-state index contributed by atoms with van der Waals surface area (Å²) in [5.41, 5.74) is 1.05. The molecule has 0 spiro atoms. The van der Waals surface area contributed by atoms with Crippen LogP contribution in [0.15, 0.2) is 48.8 Å². The van der Waals surface area contributed by atoms with Crippen LogP contribution in [0, 0.1) is 0 Å². The zero-order valence-electron chi connectivity index (χ0n) is 12.4. The van der Waals surface area contributed by atoms with Gasteiger partial charge in [0.25, 0.3) is 5.91 Å². The number of aromatic nitrogens is 4. The number of rotatable bonds is 4. The van der Waals surface area contributed by atoms with Gasteiger partial charge in [0.05, 0.1) is 11.6 Å². The van der Waals surface area contributed by atoms with Crippen LogP contribution in [-0.2, 0) is 0 Å². The molecule has 1 unspecified atom stereocenters. The number of amides is 1. The molecule has 0 aliphatic heterocycles. The molecule has 3 aromatic rings. The van der Waals surface area contributed by atoms with Crippen molar-refractivity contribution in [3.05, 3.63) is 60.2 Å². The third kappa shape index (κ3) is 3.18. The maximum atomic E-state index is 12.2. The van der Waals surface area contributed by atoms with E-state index in [1.165, 1.54) is 6.07 Å². The molecule has 0 radical (unpaired) electrons. The van der Waals surface area contributed by atoms with Gasteiger partial charge < -0.3 is 10.4 Å². The largest absolute Gasteiger partial charge is 0.507 e. The van der Waals surface area contributed by atoms with E-state index in [4.69, 9.17) is 0 Å². The van der Waals surface area contributed by atoms with Crippen LogP contribution in [0.2, 0.25) is 0 Å². The number of pyridine rings is 1. The third-order valence-corrected chi connectivity index (χ3v) is 3.35. The minimum absolute atomic E-state index is 0.0627. The summed E-state index contributed by atoms with van der Waals surface area (Å²) in [6, 6.07) is 9.60. The summed E-state index contributed by atoms with van der Waals surface area (Å²) >= 11 is 0. The molecule has 2 heterocycles. The van der Waals surface area contributed by atoms with E-state index >= 15 is 0 Å². The van der Waals surface area contributed by atoms with Crippen molar-refractivity contribution in [1.82, 2.24) is 25.5 Å². The molecule has 3 N–H and O–H groups in total. The van der Waals surface area contributed by atoms with E-state index < -0.39 is 0 Å². The molecule has 2 aromatic heterocycles. The zero-order valence-corrected chi connectivity index (χ0v) is 12.4. The number of carbonyl (C=O) groups excluding carboxylic acids is 1. The number of phenols is 1. The highest BCUT2D eigenvalue weighted by molar-refractivity contribution is 5.96. The van der Waals surface area contributed by atoms with Gasteiger partial charge in [-0.25, -0.2) is 4.98 Å². The van der Waals surface area contributed by atoms with Gasteiger partial charge >= 0.3 is 0 Å². The highest BCUT2D eigenvalue weighted by Crippen LogP contribution is 2.18. The normalized spacial score (nSPS) is 11.9. The van der Waals surface area contributed by atoms with E-state index in [9.17, 15) is 9.90 Å². The predicted molar refractivity (Wildman–Crippen MR) is 83.6 cm³/mol. The fourth-order valence-corrected chi connectivity index (χ4v) is 2.11. The van der Waals surface area contributed by atoms with Gasteiger partial charge in [-0.05, 0) is 31.2 Å². The Bertz CT molecular complexity index is 816. The van der Waals surface area contributed by atoms with Crippen molar-refractivity contribution < 1.29 is 9.90 Å². The number of benzene rings is 1. The molecule has 1 aromatic carbocycles. The van der Waals surface area contributed by atoms with Crippen LogP contribution in [0.25, 0.3) is 11.4 Å². The minimum atomic E-state index is -0.384. The van der Waals surface area contributed by atoms with E-state index in [0.29, 0.717) is 11.6 Å². The molecule has 7 nitrogen and oxygen atoms in total. The van der Waals surface area contributed by atoms with Crippen molar-refractivity contribution in [2.24, 2.45) is 0 Å². The Balaban J connectivity index is 1.74. The van der Waals surface area contributed by atoms with E-state index in [-0.39, 0.29) is 23.3 Å². The Hall–Kier alpha value is -3.22.